The van der Waals surface area contributed by atoms with Gasteiger partial charge < -0.3 is 14.8 Å². The lowest BCUT2D eigenvalue weighted by atomic mass is 10.2. The predicted octanol–water partition coefficient (Wildman–Crippen LogP) is 4.77. The maximum Gasteiger partial charge on any atom is 0.237 e. The van der Waals surface area contributed by atoms with Gasteiger partial charge in [0.05, 0.1) is 5.25 Å². The molecule has 5 rings (SSSR count). The highest BCUT2D eigenvalue weighted by Crippen LogP contribution is 2.34. The van der Waals surface area contributed by atoms with Gasteiger partial charge in [0.2, 0.25) is 12.7 Å². The zero-order chi connectivity index (χ0) is 21.9. The van der Waals surface area contributed by atoms with E-state index in [0.29, 0.717) is 28.8 Å². The first-order chi connectivity index (χ1) is 15.7. The number of carbonyl (C=O) groups is 1. The van der Waals surface area contributed by atoms with Crippen molar-refractivity contribution in [3.63, 3.8) is 0 Å². The molecule has 1 amide bonds. The van der Waals surface area contributed by atoms with E-state index in [2.05, 4.69) is 27.0 Å². The first-order valence-electron chi connectivity index (χ1n) is 10.1. The zero-order valence-electron chi connectivity index (χ0n) is 17.2. The number of aromatic nitrogens is 3. The number of nitrogens with zero attached hydrogens (tertiary/aromatic N) is 3. The molecule has 0 bridgehead atoms. The fourth-order valence-electron chi connectivity index (χ4n) is 3.33. The van der Waals surface area contributed by atoms with E-state index >= 15 is 0 Å². The Bertz CT molecular complexity index is 1230. The van der Waals surface area contributed by atoms with Crippen LogP contribution in [0.5, 0.6) is 11.5 Å². The molecule has 162 valence electrons. The van der Waals surface area contributed by atoms with Gasteiger partial charge in [0.15, 0.2) is 16.7 Å². The largest absolute Gasteiger partial charge is 0.454 e. The highest BCUT2D eigenvalue weighted by atomic mass is 32.2. The van der Waals surface area contributed by atoms with Gasteiger partial charge >= 0.3 is 0 Å². The maximum absolute atomic E-state index is 12.9. The number of thiophene rings is 1. The molecule has 0 spiro atoms. The highest BCUT2D eigenvalue weighted by Gasteiger charge is 2.22. The Morgan fingerprint density at radius 1 is 1.12 bits per heavy atom. The van der Waals surface area contributed by atoms with Gasteiger partial charge in [0.1, 0.15) is 5.82 Å². The third-order valence-electron chi connectivity index (χ3n) is 4.92. The number of hydrogen-bond donors (Lipinski definition) is 1. The summed E-state index contributed by atoms with van der Waals surface area (Å²) in [4.78, 5) is 14.1. The van der Waals surface area contributed by atoms with Crippen LogP contribution in [0.3, 0.4) is 0 Å². The summed E-state index contributed by atoms with van der Waals surface area (Å²) in [6.07, 6.45) is 0.678. The van der Waals surface area contributed by atoms with Gasteiger partial charge in [-0.1, -0.05) is 36.0 Å². The molecular formula is C23H20N4O3S2. The van der Waals surface area contributed by atoms with Crippen LogP contribution < -0.4 is 14.8 Å². The molecule has 1 aliphatic heterocycles. The van der Waals surface area contributed by atoms with E-state index in [0.717, 1.165) is 11.5 Å². The topological polar surface area (TPSA) is 78.3 Å². The number of amides is 1. The number of anilines is 1. The van der Waals surface area contributed by atoms with Crippen molar-refractivity contribution in [3.8, 4) is 17.2 Å². The minimum Gasteiger partial charge on any atom is -0.454 e. The summed E-state index contributed by atoms with van der Waals surface area (Å²) in [6, 6.07) is 19.4. The van der Waals surface area contributed by atoms with Crippen molar-refractivity contribution >= 4 is 34.7 Å². The Balaban J connectivity index is 1.36. The average molecular weight is 465 g/mol. The number of thioether (sulfide) groups is 1. The van der Waals surface area contributed by atoms with Crippen molar-refractivity contribution in [1.82, 2.24) is 14.8 Å². The molecule has 32 heavy (non-hydrogen) atoms. The third-order valence-corrected chi connectivity index (χ3v) is 6.84. The van der Waals surface area contributed by atoms with Crippen molar-refractivity contribution in [2.45, 2.75) is 23.8 Å². The summed E-state index contributed by atoms with van der Waals surface area (Å²) in [7, 11) is 0. The first kappa shape index (κ1) is 20.6. The molecule has 7 nitrogen and oxygen atoms in total. The van der Waals surface area contributed by atoms with Crippen molar-refractivity contribution in [2.24, 2.45) is 0 Å². The predicted molar refractivity (Wildman–Crippen MR) is 125 cm³/mol. The lowest BCUT2D eigenvalue weighted by Gasteiger charge is -2.14. The minimum absolute atomic E-state index is 0.128. The molecular weight excluding hydrogens is 444 g/mol. The van der Waals surface area contributed by atoms with Crippen LogP contribution >= 0.6 is 23.1 Å². The molecule has 0 aliphatic carbocycles. The summed E-state index contributed by atoms with van der Waals surface area (Å²) >= 11 is 3.06. The van der Waals surface area contributed by atoms with E-state index < -0.39 is 0 Å². The van der Waals surface area contributed by atoms with Crippen LogP contribution in [0.25, 0.3) is 5.69 Å². The monoisotopic (exact) mass is 464 g/mol. The zero-order valence-corrected chi connectivity index (χ0v) is 18.9. The maximum atomic E-state index is 12.9. The Morgan fingerprint density at radius 2 is 1.97 bits per heavy atom. The summed E-state index contributed by atoms with van der Waals surface area (Å²) in [5.74, 6) is 2.02. The molecule has 0 saturated carbocycles. The van der Waals surface area contributed by atoms with E-state index in [1.54, 1.807) is 29.5 Å². The van der Waals surface area contributed by atoms with E-state index in [1.807, 2.05) is 47.9 Å². The SMILES string of the molecule is C[C@@H](Sc1nnc(Cc2cccs2)n1-c1ccccc1)C(=O)Nc1ccc2c(c1)OCO2. The summed E-state index contributed by atoms with van der Waals surface area (Å²) in [5.41, 5.74) is 1.63. The normalized spacial score (nSPS) is 13.2. The second-order valence-corrected chi connectivity index (χ2v) is 9.48. The van der Waals surface area contributed by atoms with Gasteiger partial charge in [-0.05, 0) is 42.6 Å². The lowest BCUT2D eigenvalue weighted by Crippen LogP contribution is -2.23. The standard InChI is InChI=1S/C23H20N4O3S2/c1-15(22(28)24-16-9-10-19-20(12-16)30-14-29-19)32-23-26-25-21(13-18-8-5-11-31-18)27(23)17-6-3-2-4-7-17/h2-12,15H,13-14H2,1H3,(H,24,28)/t15-/m1/s1. The molecule has 2 aromatic heterocycles. The Kier molecular flexibility index (Phi) is 5.83. The van der Waals surface area contributed by atoms with Gasteiger partial charge in [-0.15, -0.1) is 21.5 Å². The van der Waals surface area contributed by atoms with Crippen molar-refractivity contribution in [3.05, 3.63) is 76.7 Å². The number of para-hydroxylation sites is 1. The Labute approximate surface area is 193 Å². The Morgan fingerprint density at radius 3 is 2.78 bits per heavy atom. The molecule has 9 heteroatoms. The van der Waals surface area contributed by atoms with Crippen LogP contribution in [0.2, 0.25) is 0 Å². The summed E-state index contributed by atoms with van der Waals surface area (Å²) in [6.45, 7) is 2.05. The van der Waals surface area contributed by atoms with E-state index in [1.165, 1.54) is 16.6 Å². The molecule has 4 aromatic rings. The number of ether oxygens (including phenoxy) is 2. The van der Waals surface area contributed by atoms with E-state index in [-0.39, 0.29) is 18.0 Å². The minimum atomic E-state index is -0.387. The van der Waals surface area contributed by atoms with Gasteiger partial charge in [0, 0.05) is 28.7 Å². The quantitative estimate of drug-likeness (QED) is 0.397. The van der Waals surface area contributed by atoms with Crippen molar-refractivity contribution < 1.29 is 14.3 Å². The molecule has 0 saturated heterocycles. The van der Waals surface area contributed by atoms with Crippen LogP contribution in [0.4, 0.5) is 5.69 Å². The van der Waals surface area contributed by atoms with Crippen LogP contribution in [-0.2, 0) is 11.2 Å². The van der Waals surface area contributed by atoms with Crippen LogP contribution in [0.1, 0.15) is 17.6 Å². The van der Waals surface area contributed by atoms with Gasteiger partial charge in [-0.3, -0.25) is 9.36 Å². The summed E-state index contributed by atoms with van der Waals surface area (Å²) in [5, 5.41) is 14.1. The fraction of sp³-hybridized carbons (Fsp3) is 0.174. The number of rotatable bonds is 7. The molecule has 2 aromatic carbocycles. The van der Waals surface area contributed by atoms with Gasteiger partial charge in [0.25, 0.3) is 0 Å². The molecule has 0 radical (unpaired) electrons. The number of carbonyl (C=O) groups excluding carboxylic acids is 1. The van der Waals surface area contributed by atoms with E-state index in [9.17, 15) is 4.79 Å². The third kappa shape index (κ3) is 4.35. The number of benzene rings is 2. The first-order valence-corrected chi connectivity index (χ1v) is 11.8. The number of nitrogens with one attached hydrogen (secondary N) is 1. The average Bonchev–Trinajstić information content (AvgIpc) is 3.56. The second-order valence-electron chi connectivity index (χ2n) is 7.14. The molecule has 0 unspecified atom stereocenters. The molecule has 3 heterocycles. The van der Waals surface area contributed by atoms with Crippen molar-refractivity contribution in [2.75, 3.05) is 12.1 Å². The Hall–Kier alpha value is -3.30. The second kappa shape index (κ2) is 9.05. The van der Waals surface area contributed by atoms with E-state index in [4.69, 9.17) is 9.47 Å². The fourth-order valence-corrected chi connectivity index (χ4v) is 4.91. The van der Waals surface area contributed by atoms with Gasteiger partial charge in [-0.25, -0.2) is 0 Å². The number of hydrogen-bond acceptors (Lipinski definition) is 7. The van der Waals surface area contributed by atoms with Crippen LogP contribution in [0.15, 0.2) is 71.2 Å². The molecule has 1 atom stereocenters. The smallest absolute Gasteiger partial charge is 0.237 e. The van der Waals surface area contributed by atoms with Gasteiger partial charge in [-0.2, -0.15) is 0 Å². The highest BCUT2D eigenvalue weighted by molar-refractivity contribution is 8.00. The lowest BCUT2D eigenvalue weighted by molar-refractivity contribution is -0.115. The van der Waals surface area contributed by atoms with Crippen LogP contribution in [-0.4, -0.2) is 32.7 Å². The summed E-state index contributed by atoms with van der Waals surface area (Å²) < 4.78 is 12.7. The molecule has 1 N–H and O–H groups in total. The molecule has 0 fully saturated rings. The molecule has 1 aliphatic rings. The van der Waals surface area contributed by atoms with Crippen molar-refractivity contribution in [1.29, 1.82) is 0 Å². The number of fused-ring (bicyclic) bond motifs is 1. The van der Waals surface area contributed by atoms with Crippen LogP contribution in [0, 0.1) is 0 Å².